The third-order valence-electron chi connectivity index (χ3n) is 1.05. The van der Waals surface area contributed by atoms with Crippen LogP contribution in [0.4, 0.5) is 0 Å². The van der Waals surface area contributed by atoms with Crippen LogP contribution in [-0.4, -0.2) is 6.04 Å². The van der Waals surface area contributed by atoms with E-state index in [0.717, 1.165) is 12.3 Å². The molecule has 0 aliphatic rings. The van der Waals surface area contributed by atoms with Gasteiger partial charge in [0.25, 0.3) is 0 Å². The van der Waals surface area contributed by atoms with Crippen molar-refractivity contribution in [1.29, 1.82) is 0 Å². The molecule has 0 aliphatic heterocycles. The van der Waals surface area contributed by atoms with E-state index in [1.807, 2.05) is 13.0 Å². The lowest BCUT2D eigenvalue weighted by atomic mass is 10.1. The Morgan fingerprint density at radius 2 is 1.89 bits per heavy atom. The lowest BCUT2D eigenvalue weighted by Gasteiger charge is -1.97. The van der Waals surface area contributed by atoms with Gasteiger partial charge in [-0.15, -0.1) is 0 Å². The molecule has 0 rings (SSSR count). The van der Waals surface area contributed by atoms with Crippen molar-refractivity contribution >= 4 is 0 Å². The lowest BCUT2D eigenvalue weighted by molar-refractivity contribution is 0.661. The zero-order valence-electron chi connectivity index (χ0n) is 6.59. The average Bonchev–Trinajstić information content (AvgIpc) is 1.63. The Morgan fingerprint density at radius 1 is 1.33 bits per heavy atom. The van der Waals surface area contributed by atoms with Crippen molar-refractivity contribution in [2.75, 3.05) is 0 Å². The molecule has 2 N–H and O–H groups in total. The van der Waals surface area contributed by atoms with Gasteiger partial charge in [-0.3, -0.25) is 0 Å². The van der Waals surface area contributed by atoms with Crippen molar-refractivity contribution < 1.29 is 0 Å². The molecule has 0 amide bonds. The predicted molar refractivity (Wildman–Crippen MR) is 42.2 cm³/mol. The van der Waals surface area contributed by atoms with Crippen LogP contribution < -0.4 is 5.73 Å². The van der Waals surface area contributed by atoms with Gasteiger partial charge in [0.15, 0.2) is 0 Å². The first-order valence-corrected chi connectivity index (χ1v) is 3.55. The zero-order valence-corrected chi connectivity index (χ0v) is 6.59. The minimum Gasteiger partial charge on any atom is -0.325 e. The number of allylic oxidation sites excluding steroid dienone is 1. The van der Waals surface area contributed by atoms with Crippen LogP contribution in [0.2, 0.25) is 0 Å². The highest BCUT2D eigenvalue weighted by Gasteiger charge is 1.87. The third kappa shape index (κ3) is 7.70. The lowest BCUT2D eigenvalue weighted by Crippen LogP contribution is -2.10. The minimum absolute atomic E-state index is 0.212. The van der Waals surface area contributed by atoms with Crippen molar-refractivity contribution in [3.8, 4) is 0 Å². The molecule has 0 spiro atoms. The first-order valence-electron chi connectivity index (χ1n) is 3.55. The number of nitrogens with two attached hydrogens (primary N) is 1. The molecule has 0 bridgehead atoms. The predicted octanol–water partition coefficient (Wildman–Crippen LogP) is 1.94. The van der Waals surface area contributed by atoms with Crippen molar-refractivity contribution in [2.24, 2.45) is 11.7 Å². The maximum atomic E-state index is 5.49. The zero-order chi connectivity index (χ0) is 7.28. The fraction of sp³-hybridized carbons (Fsp3) is 0.750. The van der Waals surface area contributed by atoms with Gasteiger partial charge in [0, 0.05) is 6.04 Å². The van der Waals surface area contributed by atoms with Gasteiger partial charge in [0.05, 0.1) is 0 Å². The quantitative estimate of drug-likeness (QED) is 0.576. The largest absolute Gasteiger partial charge is 0.325 e. The Balaban J connectivity index is 3.25. The smallest absolute Gasteiger partial charge is 0.0194 e. The van der Waals surface area contributed by atoms with E-state index in [4.69, 9.17) is 5.73 Å². The second kappa shape index (κ2) is 4.57. The van der Waals surface area contributed by atoms with Crippen molar-refractivity contribution in [1.82, 2.24) is 0 Å². The van der Waals surface area contributed by atoms with E-state index >= 15 is 0 Å². The van der Waals surface area contributed by atoms with Crippen LogP contribution in [0.1, 0.15) is 27.2 Å². The molecular formula is C8H17N. The van der Waals surface area contributed by atoms with Crippen LogP contribution in [-0.2, 0) is 0 Å². The van der Waals surface area contributed by atoms with Crippen molar-refractivity contribution in [3.05, 3.63) is 12.2 Å². The van der Waals surface area contributed by atoms with E-state index in [2.05, 4.69) is 19.9 Å². The highest BCUT2D eigenvalue weighted by molar-refractivity contribution is 4.88. The second-order valence-electron chi connectivity index (χ2n) is 2.92. The van der Waals surface area contributed by atoms with Crippen molar-refractivity contribution in [2.45, 2.75) is 33.2 Å². The molecule has 0 aromatic rings. The summed E-state index contributed by atoms with van der Waals surface area (Å²) >= 11 is 0. The Labute approximate surface area is 57.9 Å². The first kappa shape index (κ1) is 8.70. The molecule has 0 fully saturated rings. The van der Waals surface area contributed by atoms with E-state index in [0.29, 0.717) is 0 Å². The Morgan fingerprint density at radius 3 is 2.22 bits per heavy atom. The van der Waals surface area contributed by atoms with E-state index in [1.165, 1.54) is 0 Å². The molecule has 0 saturated heterocycles. The molecule has 0 aromatic carbocycles. The van der Waals surface area contributed by atoms with Crippen LogP contribution >= 0.6 is 0 Å². The number of rotatable bonds is 3. The SMILES string of the molecule is CC(N)/C=C/CC(C)C. The Hall–Kier alpha value is -0.300. The van der Waals surface area contributed by atoms with Gasteiger partial charge >= 0.3 is 0 Å². The molecule has 54 valence electrons. The van der Waals surface area contributed by atoms with Gasteiger partial charge in [0.2, 0.25) is 0 Å². The molecule has 9 heavy (non-hydrogen) atoms. The summed E-state index contributed by atoms with van der Waals surface area (Å²) in [7, 11) is 0. The Kier molecular flexibility index (Phi) is 4.41. The fourth-order valence-electron chi connectivity index (χ4n) is 0.565. The summed E-state index contributed by atoms with van der Waals surface area (Å²) in [6.45, 7) is 6.38. The molecule has 0 aromatic heterocycles. The van der Waals surface area contributed by atoms with Crippen LogP contribution in [0.5, 0.6) is 0 Å². The fourth-order valence-corrected chi connectivity index (χ4v) is 0.565. The first-order chi connectivity index (χ1) is 4.13. The summed E-state index contributed by atoms with van der Waals surface area (Å²) < 4.78 is 0. The summed E-state index contributed by atoms with van der Waals surface area (Å²) in [6.07, 6.45) is 5.33. The van der Waals surface area contributed by atoms with Crippen LogP contribution in [0.25, 0.3) is 0 Å². The summed E-state index contributed by atoms with van der Waals surface area (Å²) in [4.78, 5) is 0. The highest BCUT2D eigenvalue weighted by atomic mass is 14.6. The van der Waals surface area contributed by atoms with Gasteiger partial charge in [-0.2, -0.15) is 0 Å². The topological polar surface area (TPSA) is 26.0 Å². The molecule has 0 aliphatic carbocycles. The number of hydrogen-bond acceptors (Lipinski definition) is 1. The van der Waals surface area contributed by atoms with Crippen LogP contribution in [0, 0.1) is 5.92 Å². The van der Waals surface area contributed by atoms with Gasteiger partial charge < -0.3 is 5.73 Å². The summed E-state index contributed by atoms with van der Waals surface area (Å²) in [6, 6.07) is 0.212. The van der Waals surface area contributed by atoms with Gasteiger partial charge in [-0.1, -0.05) is 26.0 Å². The molecule has 0 heterocycles. The minimum atomic E-state index is 0.212. The molecule has 1 atom stereocenters. The highest BCUT2D eigenvalue weighted by Crippen LogP contribution is 1.99. The molecule has 0 saturated carbocycles. The second-order valence-corrected chi connectivity index (χ2v) is 2.92. The van der Waals surface area contributed by atoms with Crippen LogP contribution in [0.3, 0.4) is 0 Å². The van der Waals surface area contributed by atoms with E-state index in [1.54, 1.807) is 0 Å². The van der Waals surface area contributed by atoms with Crippen LogP contribution in [0.15, 0.2) is 12.2 Å². The summed E-state index contributed by atoms with van der Waals surface area (Å²) in [5, 5.41) is 0. The standard InChI is InChI=1S/C8H17N/c1-7(2)5-4-6-8(3)9/h4,6-8H,5,9H2,1-3H3/b6-4+. The van der Waals surface area contributed by atoms with Gasteiger partial charge in [-0.05, 0) is 19.3 Å². The van der Waals surface area contributed by atoms with E-state index in [-0.39, 0.29) is 6.04 Å². The third-order valence-corrected chi connectivity index (χ3v) is 1.05. The summed E-state index contributed by atoms with van der Waals surface area (Å²) in [5.41, 5.74) is 5.49. The molecular weight excluding hydrogens is 110 g/mol. The van der Waals surface area contributed by atoms with Gasteiger partial charge in [0.1, 0.15) is 0 Å². The number of hydrogen-bond donors (Lipinski definition) is 1. The average molecular weight is 127 g/mol. The van der Waals surface area contributed by atoms with E-state index < -0.39 is 0 Å². The van der Waals surface area contributed by atoms with E-state index in [9.17, 15) is 0 Å². The molecule has 1 nitrogen and oxygen atoms in total. The summed E-state index contributed by atoms with van der Waals surface area (Å²) in [5.74, 6) is 0.750. The maximum Gasteiger partial charge on any atom is 0.0194 e. The maximum absolute atomic E-state index is 5.49. The normalized spacial score (nSPS) is 15.2. The Bertz CT molecular complexity index is 82.6. The molecule has 1 unspecified atom stereocenters. The van der Waals surface area contributed by atoms with Gasteiger partial charge in [-0.25, -0.2) is 0 Å². The molecule has 0 radical (unpaired) electrons. The molecule has 1 heteroatoms. The monoisotopic (exact) mass is 127 g/mol. The van der Waals surface area contributed by atoms with Crippen molar-refractivity contribution in [3.63, 3.8) is 0 Å².